The van der Waals surface area contributed by atoms with Crippen LogP contribution in [-0.4, -0.2) is 18.4 Å². The fourth-order valence-electron chi connectivity index (χ4n) is 5.21. The summed E-state index contributed by atoms with van der Waals surface area (Å²) in [5.74, 6) is 1.01. The molecule has 0 heterocycles. The van der Waals surface area contributed by atoms with E-state index < -0.39 is 0 Å². The van der Waals surface area contributed by atoms with Crippen molar-refractivity contribution < 1.29 is 14.3 Å². The molecule has 0 spiro atoms. The van der Waals surface area contributed by atoms with Gasteiger partial charge in [0, 0.05) is 13.3 Å². The molecule has 1 fully saturated rings. The van der Waals surface area contributed by atoms with E-state index in [9.17, 15) is 9.59 Å². The van der Waals surface area contributed by atoms with Gasteiger partial charge in [0.25, 0.3) is 0 Å². The van der Waals surface area contributed by atoms with Crippen LogP contribution in [-0.2, 0) is 14.3 Å². The highest BCUT2D eigenvalue weighted by molar-refractivity contribution is 5.75. The van der Waals surface area contributed by atoms with Crippen molar-refractivity contribution >= 4 is 11.8 Å². The topological polar surface area (TPSA) is 43.4 Å². The molecule has 0 radical (unpaired) electrons. The van der Waals surface area contributed by atoms with E-state index in [1.165, 1.54) is 31.8 Å². The van der Waals surface area contributed by atoms with Crippen LogP contribution in [0.25, 0.3) is 0 Å². The van der Waals surface area contributed by atoms with Crippen molar-refractivity contribution in [1.29, 1.82) is 0 Å². The average Bonchev–Trinajstić information content (AvgIpc) is 2.42. The van der Waals surface area contributed by atoms with E-state index in [-0.39, 0.29) is 17.2 Å². The zero-order valence-corrected chi connectivity index (χ0v) is 15.4. The highest BCUT2D eigenvalue weighted by Crippen LogP contribution is 2.60. The van der Waals surface area contributed by atoms with Gasteiger partial charge in [-0.15, -0.1) is 0 Å². The zero-order chi connectivity index (χ0) is 17.3. The number of hydrogen-bond donors (Lipinski definition) is 0. The number of ether oxygens (including phenoxy) is 1. The van der Waals surface area contributed by atoms with Gasteiger partial charge in [-0.2, -0.15) is 0 Å². The van der Waals surface area contributed by atoms with E-state index in [0.717, 1.165) is 12.8 Å². The van der Waals surface area contributed by atoms with Crippen molar-refractivity contribution in [3.8, 4) is 0 Å². The Hall–Kier alpha value is -1.12. The van der Waals surface area contributed by atoms with Gasteiger partial charge in [-0.05, 0) is 60.8 Å². The molecule has 1 saturated carbocycles. The lowest BCUT2D eigenvalue weighted by molar-refractivity contribution is -0.140. The lowest BCUT2D eigenvalue weighted by Crippen LogP contribution is -2.49. The van der Waals surface area contributed by atoms with E-state index in [2.05, 4.69) is 26.8 Å². The molecule has 0 saturated heterocycles. The minimum Gasteiger partial charge on any atom is -0.461 e. The van der Waals surface area contributed by atoms with Crippen molar-refractivity contribution in [2.24, 2.45) is 22.7 Å². The first-order valence-corrected chi connectivity index (χ1v) is 8.98. The minimum absolute atomic E-state index is 0.210. The Morgan fingerprint density at radius 3 is 2.52 bits per heavy atom. The number of hydrogen-bond acceptors (Lipinski definition) is 3. The van der Waals surface area contributed by atoms with Gasteiger partial charge in [-0.25, -0.2) is 0 Å². The van der Waals surface area contributed by atoms with E-state index in [1.807, 2.05) is 0 Å². The van der Waals surface area contributed by atoms with Gasteiger partial charge >= 0.3 is 5.97 Å². The Balaban J connectivity index is 2.29. The second-order valence-electron chi connectivity index (χ2n) is 8.49. The molecule has 3 atom stereocenters. The van der Waals surface area contributed by atoms with Gasteiger partial charge < -0.3 is 9.53 Å². The fraction of sp³-hybridized carbons (Fsp3) is 0.800. The van der Waals surface area contributed by atoms with Gasteiger partial charge in [-0.3, -0.25) is 4.79 Å². The van der Waals surface area contributed by atoms with Crippen LogP contribution in [0.5, 0.6) is 0 Å². The maximum Gasteiger partial charge on any atom is 0.302 e. The molecule has 2 aliphatic carbocycles. The third-order valence-electron chi connectivity index (χ3n) is 6.36. The van der Waals surface area contributed by atoms with Gasteiger partial charge in [0.05, 0.1) is 0 Å². The number of allylic oxidation sites excluding steroid dienone is 1. The molecule has 130 valence electrons. The molecule has 0 bridgehead atoms. The Morgan fingerprint density at radius 1 is 1.22 bits per heavy atom. The third kappa shape index (κ3) is 3.87. The van der Waals surface area contributed by atoms with Crippen molar-refractivity contribution in [2.75, 3.05) is 6.61 Å². The molecule has 0 unspecified atom stereocenters. The van der Waals surface area contributed by atoms with Crippen molar-refractivity contribution in [2.45, 2.75) is 73.1 Å². The van der Waals surface area contributed by atoms with Crippen molar-refractivity contribution in [3.63, 3.8) is 0 Å². The standard InChI is InChI=1S/C20H32O3/c1-14(21)7-9-17-16(13-23-15(2)22)8-10-18-19(3,4)11-6-12-20(17,18)5/h8,17-18H,6-7,9-13H2,1-5H3/t17-,18-,20+/m0/s1. The Bertz CT molecular complexity index is 503. The summed E-state index contributed by atoms with van der Waals surface area (Å²) in [6.45, 7) is 10.7. The lowest BCUT2D eigenvalue weighted by atomic mass is 9.48. The van der Waals surface area contributed by atoms with Gasteiger partial charge in [0.1, 0.15) is 12.4 Å². The molecule has 23 heavy (non-hydrogen) atoms. The number of carbonyl (C=O) groups is 2. The molecule has 0 aromatic heterocycles. The fourth-order valence-corrected chi connectivity index (χ4v) is 5.21. The summed E-state index contributed by atoms with van der Waals surface area (Å²) in [5, 5.41) is 0. The second-order valence-corrected chi connectivity index (χ2v) is 8.49. The molecule has 2 rings (SSSR count). The maximum absolute atomic E-state index is 11.5. The first-order valence-electron chi connectivity index (χ1n) is 8.98. The number of rotatable bonds is 5. The predicted octanol–water partition coefficient (Wildman–Crippen LogP) is 4.70. The summed E-state index contributed by atoms with van der Waals surface area (Å²) < 4.78 is 5.30. The van der Waals surface area contributed by atoms with Gasteiger partial charge in [-0.1, -0.05) is 33.3 Å². The molecule has 0 amide bonds. The molecular formula is C20H32O3. The minimum atomic E-state index is -0.229. The predicted molar refractivity (Wildman–Crippen MR) is 92.0 cm³/mol. The van der Waals surface area contributed by atoms with Crippen LogP contribution in [0.2, 0.25) is 0 Å². The molecule has 3 nitrogen and oxygen atoms in total. The molecule has 3 heteroatoms. The van der Waals surface area contributed by atoms with E-state index in [4.69, 9.17) is 4.74 Å². The summed E-state index contributed by atoms with van der Waals surface area (Å²) >= 11 is 0. The summed E-state index contributed by atoms with van der Waals surface area (Å²) in [4.78, 5) is 22.8. The summed E-state index contributed by atoms with van der Waals surface area (Å²) in [7, 11) is 0. The van der Waals surface area contributed by atoms with Gasteiger partial charge in [0.15, 0.2) is 0 Å². The first-order chi connectivity index (χ1) is 10.7. The van der Waals surface area contributed by atoms with Crippen LogP contribution >= 0.6 is 0 Å². The SMILES string of the molecule is CC(=O)CC[C@H]1C(COC(C)=O)=CC[C@H]2C(C)(C)CCC[C@]12C. The largest absolute Gasteiger partial charge is 0.461 e. The molecule has 0 aromatic rings. The first kappa shape index (κ1) is 18.2. The van der Waals surface area contributed by atoms with E-state index in [0.29, 0.717) is 30.3 Å². The zero-order valence-electron chi connectivity index (χ0n) is 15.4. The van der Waals surface area contributed by atoms with E-state index in [1.54, 1.807) is 6.92 Å². The number of ketones is 1. The van der Waals surface area contributed by atoms with Crippen LogP contribution in [0.15, 0.2) is 11.6 Å². The quantitative estimate of drug-likeness (QED) is 0.545. The average molecular weight is 320 g/mol. The summed E-state index contributed by atoms with van der Waals surface area (Å²) in [5.41, 5.74) is 1.78. The highest BCUT2D eigenvalue weighted by atomic mass is 16.5. The summed E-state index contributed by atoms with van der Waals surface area (Å²) in [6, 6.07) is 0. The van der Waals surface area contributed by atoms with E-state index >= 15 is 0 Å². The molecular weight excluding hydrogens is 288 g/mol. The third-order valence-corrected chi connectivity index (χ3v) is 6.36. The Kier molecular flexibility index (Phi) is 5.37. The van der Waals surface area contributed by atoms with Crippen molar-refractivity contribution in [3.05, 3.63) is 11.6 Å². The van der Waals surface area contributed by atoms with Crippen molar-refractivity contribution in [1.82, 2.24) is 0 Å². The molecule has 0 aromatic carbocycles. The number of carbonyl (C=O) groups excluding carboxylic acids is 2. The summed E-state index contributed by atoms with van der Waals surface area (Å²) in [6.07, 6.45) is 8.60. The van der Waals surface area contributed by atoms with Crippen LogP contribution in [0.4, 0.5) is 0 Å². The van der Waals surface area contributed by atoms with Gasteiger partial charge in [0.2, 0.25) is 0 Å². The van der Waals surface area contributed by atoms with Crippen LogP contribution in [0.1, 0.15) is 73.1 Å². The molecule has 0 N–H and O–H groups in total. The highest BCUT2D eigenvalue weighted by Gasteiger charge is 2.52. The molecule has 2 aliphatic rings. The van der Waals surface area contributed by atoms with Crippen LogP contribution in [0.3, 0.4) is 0 Å². The molecule has 0 aliphatic heterocycles. The normalized spacial score (nSPS) is 32.7. The maximum atomic E-state index is 11.5. The lowest BCUT2D eigenvalue weighted by Gasteiger charge is -2.57. The Morgan fingerprint density at radius 2 is 1.91 bits per heavy atom. The monoisotopic (exact) mass is 320 g/mol. The van der Waals surface area contributed by atoms with Crippen LogP contribution < -0.4 is 0 Å². The number of Topliss-reactive ketones (excluding diaryl/α,β-unsaturated/α-hetero) is 1. The number of esters is 1. The van der Waals surface area contributed by atoms with Crippen LogP contribution in [0, 0.1) is 22.7 Å². The number of fused-ring (bicyclic) bond motifs is 1. The smallest absolute Gasteiger partial charge is 0.302 e. The second kappa shape index (κ2) is 6.78. The Labute approximate surface area is 140 Å².